The molecule has 9 aromatic carbocycles. The topological polar surface area (TPSA) is 16.4 Å². The zero-order valence-electron chi connectivity index (χ0n) is 32.1. The minimum atomic E-state index is -0.297. The molecule has 58 heavy (non-hydrogen) atoms. The van der Waals surface area contributed by atoms with E-state index in [1.807, 2.05) is 0 Å². The highest BCUT2D eigenvalue weighted by molar-refractivity contribution is 6.06. The summed E-state index contributed by atoms with van der Waals surface area (Å²) in [6, 6.07) is 78.8. The first-order valence-corrected chi connectivity index (χ1v) is 20.0. The molecule has 1 aliphatic carbocycles. The van der Waals surface area contributed by atoms with Crippen LogP contribution < -0.4 is 4.90 Å². The van der Waals surface area contributed by atoms with Crippen LogP contribution in [0.5, 0.6) is 0 Å². The average Bonchev–Trinajstić information content (AvgIpc) is 3.80. The molecule has 0 bridgehead atoms. The third-order valence-corrected chi connectivity index (χ3v) is 12.1. The molecular weight excluding hydrogens is 703 g/mol. The first kappa shape index (κ1) is 33.9. The van der Waals surface area contributed by atoms with E-state index >= 15 is 0 Å². The molecule has 0 fully saturated rings. The normalized spacial score (nSPS) is 12.7. The third kappa shape index (κ3) is 5.56. The summed E-state index contributed by atoms with van der Waals surface area (Å²) >= 11 is 0. The minimum Gasteiger partial charge on any atom is -0.456 e. The predicted molar refractivity (Wildman–Crippen MR) is 242 cm³/mol. The van der Waals surface area contributed by atoms with Crippen molar-refractivity contribution in [1.29, 1.82) is 0 Å². The van der Waals surface area contributed by atoms with Gasteiger partial charge in [0.05, 0.1) is 0 Å². The van der Waals surface area contributed by atoms with Gasteiger partial charge in [-0.1, -0.05) is 164 Å². The Morgan fingerprint density at radius 2 is 0.793 bits per heavy atom. The van der Waals surface area contributed by atoms with Gasteiger partial charge in [0.2, 0.25) is 0 Å². The maximum Gasteiger partial charge on any atom is 0.137 e. The molecule has 0 saturated heterocycles. The molecule has 0 radical (unpaired) electrons. The van der Waals surface area contributed by atoms with Gasteiger partial charge >= 0.3 is 0 Å². The summed E-state index contributed by atoms with van der Waals surface area (Å²) in [5, 5.41) is 2.22. The molecule has 10 aromatic rings. The Hall–Kier alpha value is -7.42. The molecule has 0 N–H and O–H groups in total. The van der Waals surface area contributed by atoms with E-state index in [1.54, 1.807) is 0 Å². The summed E-state index contributed by atoms with van der Waals surface area (Å²) in [6.07, 6.45) is 0. The molecule has 274 valence electrons. The van der Waals surface area contributed by atoms with E-state index in [0.717, 1.165) is 50.1 Å². The minimum absolute atomic E-state index is 0.297. The summed E-state index contributed by atoms with van der Waals surface area (Å²) in [4.78, 5) is 2.36. The van der Waals surface area contributed by atoms with Crippen LogP contribution in [0.15, 0.2) is 223 Å². The van der Waals surface area contributed by atoms with Crippen molar-refractivity contribution in [2.75, 3.05) is 4.90 Å². The van der Waals surface area contributed by atoms with Crippen molar-refractivity contribution < 1.29 is 4.42 Å². The van der Waals surface area contributed by atoms with Crippen LogP contribution in [0.2, 0.25) is 0 Å². The van der Waals surface area contributed by atoms with E-state index in [0.29, 0.717) is 0 Å². The second kappa shape index (κ2) is 13.7. The van der Waals surface area contributed by atoms with Gasteiger partial charge < -0.3 is 9.32 Å². The van der Waals surface area contributed by atoms with E-state index < -0.39 is 0 Å². The van der Waals surface area contributed by atoms with E-state index in [1.165, 1.54) is 50.1 Å². The number of anilines is 3. The zero-order valence-corrected chi connectivity index (χ0v) is 32.1. The van der Waals surface area contributed by atoms with Crippen LogP contribution in [0.4, 0.5) is 17.1 Å². The van der Waals surface area contributed by atoms with Crippen LogP contribution in [0.25, 0.3) is 66.4 Å². The standard InChI is InChI=1S/C56H39NO/c1-56(52-23-13-11-21-48(52)49-22-12-14-24-53(49)56)44-27-31-50-51-32-30-46(37-55(51)58-54(50)36-44)57(45-28-25-41(26-29-45)38-15-5-2-6-16-38)47-34-42(39-17-7-3-8-18-39)33-43(35-47)40-19-9-4-10-20-40/h2-37H,1H3. The van der Waals surface area contributed by atoms with E-state index in [4.69, 9.17) is 4.42 Å². The summed E-state index contributed by atoms with van der Waals surface area (Å²) in [6.45, 7) is 2.35. The average molecular weight is 742 g/mol. The van der Waals surface area contributed by atoms with Crippen LogP contribution in [-0.4, -0.2) is 0 Å². The lowest BCUT2D eigenvalue weighted by molar-refractivity contribution is 0.662. The molecule has 0 amide bonds. The van der Waals surface area contributed by atoms with Crippen LogP contribution in [0.1, 0.15) is 23.6 Å². The fourth-order valence-electron chi connectivity index (χ4n) is 9.20. The van der Waals surface area contributed by atoms with Crippen LogP contribution in [0.3, 0.4) is 0 Å². The van der Waals surface area contributed by atoms with Gasteiger partial charge in [-0.15, -0.1) is 0 Å². The first-order chi connectivity index (χ1) is 28.6. The number of nitrogens with zero attached hydrogens (tertiary/aromatic N) is 1. The summed E-state index contributed by atoms with van der Waals surface area (Å²) < 4.78 is 6.87. The van der Waals surface area contributed by atoms with Gasteiger partial charge in [-0.05, 0) is 117 Å². The smallest absolute Gasteiger partial charge is 0.137 e. The Kier molecular flexibility index (Phi) is 7.97. The Morgan fingerprint density at radius 1 is 0.345 bits per heavy atom. The van der Waals surface area contributed by atoms with Gasteiger partial charge in [0.1, 0.15) is 11.2 Å². The Balaban J connectivity index is 1.07. The quantitative estimate of drug-likeness (QED) is 0.162. The van der Waals surface area contributed by atoms with Crippen molar-refractivity contribution >= 4 is 39.0 Å². The molecule has 0 aliphatic heterocycles. The predicted octanol–water partition coefficient (Wildman–Crippen LogP) is 15.4. The number of fused-ring (bicyclic) bond motifs is 6. The van der Waals surface area contributed by atoms with Crippen molar-refractivity contribution in [3.8, 4) is 44.5 Å². The summed E-state index contributed by atoms with van der Waals surface area (Å²) in [5.74, 6) is 0. The molecular formula is C56H39NO. The lowest BCUT2D eigenvalue weighted by Gasteiger charge is -2.28. The number of hydrogen-bond donors (Lipinski definition) is 0. The van der Waals surface area contributed by atoms with Gasteiger partial charge in [0, 0.05) is 39.3 Å². The van der Waals surface area contributed by atoms with Gasteiger partial charge in [0.25, 0.3) is 0 Å². The SMILES string of the molecule is CC1(c2ccc3c(c2)oc2cc(N(c4ccc(-c5ccccc5)cc4)c4cc(-c5ccccc5)cc(-c5ccccc5)c4)ccc23)c2ccccc2-c2ccccc21. The zero-order chi connectivity index (χ0) is 38.6. The van der Waals surface area contributed by atoms with Crippen molar-refractivity contribution in [3.63, 3.8) is 0 Å². The van der Waals surface area contributed by atoms with Crippen LogP contribution in [0, 0.1) is 0 Å². The van der Waals surface area contributed by atoms with Gasteiger partial charge in [-0.25, -0.2) is 0 Å². The van der Waals surface area contributed by atoms with E-state index in [9.17, 15) is 0 Å². The molecule has 0 unspecified atom stereocenters. The molecule has 0 saturated carbocycles. The molecule has 11 rings (SSSR count). The highest BCUT2D eigenvalue weighted by Crippen LogP contribution is 2.53. The van der Waals surface area contributed by atoms with Crippen molar-refractivity contribution in [2.24, 2.45) is 0 Å². The Bertz CT molecular complexity index is 3000. The monoisotopic (exact) mass is 741 g/mol. The Morgan fingerprint density at radius 3 is 1.36 bits per heavy atom. The number of hydrogen-bond acceptors (Lipinski definition) is 2. The van der Waals surface area contributed by atoms with Crippen molar-refractivity contribution in [2.45, 2.75) is 12.3 Å². The molecule has 0 atom stereocenters. The molecule has 2 heteroatoms. The largest absolute Gasteiger partial charge is 0.456 e. The summed E-state index contributed by atoms with van der Waals surface area (Å²) in [7, 11) is 0. The fraction of sp³-hybridized carbons (Fsp3) is 0.0357. The lowest BCUT2D eigenvalue weighted by atomic mass is 9.74. The number of rotatable bonds is 7. The molecule has 1 aromatic heterocycles. The van der Waals surface area contributed by atoms with Crippen molar-refractivity contribution in [3.05, 3.63) is 235 Å². The fourth-order valence-corrected chi connectivity index (χ4v) is 9.20. The maximum absolute atomic E-state index is 6.87. The van der Waals surface area contributed by atoms with Crippen LogP contribution in [-0.2, 0) is 5.41 Å². The van der Waals surface area contributed by atoms with E-state index in [-0.39, 0.29) is 5.41 Å². The molecule has 0 spiro atoms. The highest BCUT2D eigenvalue weighted by atomic mass is 16.3. The van der Waals surface area contributed by atoms with Crippen molar-refractivity contribution in [1.82, 2.24) is 0 Å². The molecule has 2 nitrogen and oxygen atoms in total. The van der Waals surface area contributed by atoms with Gasteiger partial charge in [-0.3, -0.25) is 0 Å². The highest BCUT2D eigenvalue weighted by Gasteiger charge is 2.40. The second-order valence-electron chi connectivity index (χ2n) is 15.5. The number of benzene rings is 9. The first-order valence-electron chi connectivity index (χ1n) is 20.0. The maximum atomic E-state index is 6.87. The summed E-state index contributed by atoms with van der Waals surface area (Å²) in [5.41, 5.74) is 18.1. The molecule has 1 aliphatic rings. The molecule has 1 heterocycles. The second-order valence-corrected chi connectivity index (χ2v) is 15.5. The van der Waals surface area contributed by atoms with Crippen LogP contribution >= 0.6 is 0 Å². The van der Waals surface area contributed by atoms with Gasteiger partial charge in [0.15, 0.2) is 0 Å². The number of furan rings is 1. The van der Waals surface area contributed by atoms with E-state index in [2.05, 4.69) is 230 Å². The third-order valence-electron chi connectivity index (χ3n) is 12.1. The lowest BCUT2D eigenvalue weighted by Crippen LogP contribution is -2.22. The Labute approximate surface area is 338 Å². The van der Waals surface area contributed by atoms with Gasteiger partial charge in [-0.2, -0.15) is 0 Å².